The number of phenols is 1. The van der Waals surface area contributed by atoms with Gasteiger partial charge >= 0.3 is 6.03 Å². The van der Waals surface area contributed by atoms with Crippen molar-refractivity contribution in [2.45, 2.75) is 142 Å². The predicted octanol–water partition coefficient (Wildman–Crippen LogP) is 11.6. The monoisotopic (exact) mass is 902 g/mol. The molecule has 4 aromatic carbocycles. The highest BCUT2D eigenvalue weighted by Crippen LogP contribution is 2.62. The van der Waals surface area contributed by atoms with Gasteiger partial charge in [-0.3, -0.25) is 14.9 Å². The number of nitrogens with zero attached hydrogens (tertiary/aromatic N) is 5. The molecule has 0 radical (unpaired) electrons. The third-order valence-corrected chi connectivity index (χ3v) is 14.3. The molecule has 2 N–H and O–H groups in total. The highest BCUT2D eigenvalue weighted by atomic mass is 16.6. The summed E-state index contributed by atoms with van der Waals surface area (Å²) in [4.78, 5) is 41.7. The fourth-order valence-electron chi connectivity index (χ4n) is 9.42. The number of nitro groups is 1. The summed E-state index contributed by atoms with van der Waals surface area (Å²) in [6.07, 6.45) is 8.01. The van der Waals surface area contributed by atoms with E-state index in [4.69, 9.17) is 14.2 Å². The van der Waals surface area contributed by atoms with Crippen LogP contribution in [0.3, 0.4) is 0 Å². The average molecular weight is 903 g/mol. The van der Waals surface area contributed by atoms with Gasteiger partial charge in [0.15, 0.2) is 11.5 Å². The van der Waals surface area contributed by atoms with Crippen LogP contribution in [-0.4, -0.2) is 68.7 Å². The van der Waals surface area contributed by atoms with E-state index in [1.807, 2.05) is 18.2 Å². The molecule has 1 heterocycles. The Labute approximate surface area is 388 Å². The fraction of sp³-hybridized carbons (Fsp3) is 0.500. The standard InChI is InChI=1S/C52H66N6O8/c1-10-14-16-32-17-22-40-39(27-32)54-55-57(40)50(61)56(13-4)31-35-29-37(58(62)63)21-24-41(35)66-48-45(46(59)43-33-18-19-34(28-33)44(43)47(48)64-9)49(60)53-25-15-26-65-42-23-20-36(51(5,6)11-2)30-38(42)52(7,8)12-3/h17,20-24,27,29-30,33-34,59H,10-16,18-19,25-26,28,31H2,1-9H3,(H,53,60). The summed E-state index contributed by atoms with van der Waals surface area (Å²) in [6, 6.07) is 15.9. The third-order valence-electron chi connectivity index (χ3n) is 14.3. The number of rotatable bonds is 20. The summed E-state index contributed by atoms with van der Waals surface area (Å²) < 4.78 is 20.4. The number of hydrogen-bond donors (Lipinski definition) is 2. The number of fused-ring (bicyclic) bond motifs is 6. The molecule has 2 unspecified atom stereocenters. The minimum Gasteiger partial charge on any atom is -0.507 e. The second-order valence-electron chi connectivity index (χ2n) is 19.1. The predicted molar refractivity (Wildman–Crippen MR) is 256 cm³/mol. The van der Waals surface area contributed by atoms with Crippen LogP contribution in [0, 0.1) is 10.1 Å². The fourth-order valence-corrected chi connectivity index (χ4v) is 9.42. The number of methoxy groups -OCH3 is 1. The van der Waals surface area contributed by atoms with E-state index in [0.717, 1.165) is 73.8 Å². The molecule has 2 bridgehead atoms. The maximum atomic E-state index is 14.4. The quantitative estimate of drug-likeness (QED) is 0.0435. The molecule has 2 amide bonds. The van der Waals surface area contributed by atoms with Gasteiger partial charge in [-0.25, -0.2) is 4.79 Å². The summed E-state index contributed by atoms with van der Waals surface area (Å²) in [5.74, 6) is 0.771. The molecular weight excluding hydrogens is 837 g/mol. The Morgan fingerprint density at radius 1 is 0.924 bits per heavy atom. The van der Waals surface area contributed by atoms with Crippen LogP contribution in [0.1, 0.15) is 162 Å². The zero-order valence-corrected chi connectivity index (χ0v) is 40.1. The van der Waals surface area contributed by atoms with Crippen molar-refractivity contribution in [2.75, 3.05) is 26.8 Å². The summed E-state index contributed by atoms with van der Waals surface area (Å²) in [5.41, 5.74) is 6.10. The minimum absolute atomic E-state index is 0.00204. The van der Waals surface area contributed by atoms with Gasteiger partial charge < -0.3 is 29.5 Å². The summed E-state index contributed by atoms with van der Waals surface area (Å²) >= 11 is 0. The number of benzene rings is 4. The van der Waals surface area contributed by atoms with E-state index in [0.29, 0.717) is 40.9 Å². The SMILES string of the molecule is CCCCc1ccc2c(c1)nnn2C(=O)N(CC)Cc1cc([N+](=O)[O-])ccc1Oc1c(OC)c2c(c(O)c1C(=O)NCCCOc1ccc(C(C)(C)CC)cc1C(C)(C)CC)C1CCC2C1. The Kier molecular flexibility index (Phi) is 14.3. The maximum absolute atomic E-state index is 14.4. The Morgan fingerprint density at radius 2 is 1.65 bits per heavy atom. The first-order chi connectivity index (χ1) is 31.6. The van der Waals surface area contributed by atoms with Crippen LogP contribution in [-0.2, 0) is 23.8 Å². The molecule has 2 atom stereocenters. The molecule has 352 valence electrons. The Hall–Kier alpha value is -6.18. The van der Waals surface area contributed by atoms with Crippen molar-refractivity contribution in [2.24, 2.45) is 0 Å². The molecule has 2 aliphatic carbocycles. The molecule has 0 spiro atoms. The van der Waals surface area contributed by atoms with Gasteiger partial charge in [0, 0.05) is 47.5 Å². The molecule has 1 fully saturated rings. The smallest absolute Gasteiger partial charge is 0.346 e. The van der Waals surface area contributed by atoms with E-state index in [9.17, 15) is 24.8 Å². The first kappa shape index (κ1) is 47.8. The van der Waals surface area contributed by atoms with Gasteiger partial charge in [-0.2, -0.15) is 4.68 Å². The van der Waals surface area contributed by atoms with E-state index in [1.54, 1.807) is 6.92 Å². The minimum atomic E-state index is -0.560. The lowest BCUT2D eigenvalue weighted by atomic mass is 9.76. The number of nitro benzene ring substituents is 1. The van der Waals surface area contributed by atoms with Gasteiger partial charge in [0.05, 0.1) is 30.7 Å². The topological polar surface area (TPSA) is 171 Å². The lowest BCUT2D eigenvalue weighted by Crippen LogP contribution is -2.34. The molecule has 0 saturated heterocycles. The number of phenolic OH excluding ortho intramolecular Hbond substituents is 1. The number of ether oxygens (including phenoxy) is 3. The van der Waals surface area contributed by atoms with Gasteiger partial charge in [-0.1, -0.05) is 78.3 Å². The van der Waals surface area contributed by atoms with E-state index in [-0.39, 0.29) is 70.8 Å². The third kappa shape index (κ3) is 9.41. The first-order valence-corrected chi connectivity index (χ1v) is 23.7. The van der Waals surface area contributed by atoms with Gasteiger partial charge in [0.25, 0.3) is 11.6 Å². The Morgan fingerprint density at radius 3 is 2.33 bits per heavy atom. The van der Waals surface area contributed by atoms with Crippen molar-refractivity contribution in [3.8, 4) is 28.7 Å². The van der Waals surface area contributed by atoms with Crippen molar-refractivity contribution in [3.63, 3.8) is 0 Å². The summed E-state index contributed by atoms with van der Waals surface area (Å²) in [6.45, 7) is 18.0. The number of amides is 2. The maximum Gasteiger partial charge on any atom is 0.346 e. The number of carbonyl (C=O) groups is 2. The highest BCUT2D eigenvalue weighted by molar-refractivity contribution is 6.02. The molecule has 2 aliphatic rings. The van der Waals surface area contributed by atoms with Gasteiger partial charge in [-0.15, -0.1) is 5.10 Å². The molecule has 5 aromatic rings. The molecule has 14 heteroatoms. The Balaban J connectivity index is 1.16. The number of nitrogens with one attached hydrogen (secondary N) is 1. The van der Waals surface area contributed by atoms with Crippen molar-refractivity contribution in [1.29, 1.82) is 0 Å². The van der Waals surface area contributed by atoms with Crippen molar-refractivity contribution in [1.82, 2.24) is 25.2 Å². The van der Waals surface area contributed by atoms with Crippen LogP contribution in [0.25, 0.3) is 11.0 Å². The number of hydrogen-bond acceptors (Lipinski definition) is 10. The zero-order chi connectivity index (χ0) is 47.5. The number of aromatic hydroxyl groups is 1. The summed E-state index contributed by atoms with van der Waals surface area (Å²) in [5, 5.41) is 35.7. The molecule has 1 saturated carbocycles. The van der Waals surface area contributed by atoms with Gasteiger partial charge in [0.2, 0.25) is 0 Å². The van der Waals surface area contributed by atoms with Crippen LogP contribution in [0.4, 0.5) is 10.5 Å². The largest absolute Gasteiger partial charge is 0.507 e. The van der Waals surface area contributed by atoms with Gasteiger partial charge in [0.1, 0.15) is 28.3 Å². The molecule has 14 nitrogen and oxygen atoms in total. The number of non-ortho nitro benzene ring substituents is 1. The first-order valence-electron chi connectivity index (χ1n) is 23.7. The van der Waals surface area contributed by atoms with Crippen LogP contribution < -0.4 is 19.5 Å². The van der Waals surface area contributed by atoms with Crippen LogP contribution in [0.15, 0.2) is 54.6 Å². The van der Waals surface area contributed by atoms with Crippen molar-refractivity contribution >= 4 is 28.7 Å². The number of unbranched alkanes of at least 4 members (excludes halogenated alkanes) is 1. The molecule has 66 heavy (non-hydrogen) atoms. The lowest BCUT2D eigenvalue weighted by Gasteiger charge is -2.30. The lowest BCUT2D eigenvalue weighted by molar-refractivity contribution is -0.384. The van der Waals surface area contributed by atoms with Crippen LogP contribution >= 0.6 is 0 Å². The van der Waals surface area contributed by atoms with E-state index in [2.05, 4.69) is 82.3 Å². The highest BCUT2D eigenvalue weighted by Gasteiger charge is 2.45. The number of carbonyl (C=O) groups excluding carboxylic acids is 2. The van der Waals surface area contributed by atoms with Crippen molar-refractivity contribution < 1.29 is 33.8 Å². The summed E-state index contributed by atoms with van der Waals surface area (Å²) in [7, 11) is 1.51. The average Bonchev–Trinajstić information content (AvgIpc) is 4.06. The van der Waals surface area contributed by atoms with Crippen molar-refractivity contribution in [3.05, 3.63) is 104 Å². The van der Waals surface area contributed by atoms with E-state index >= 15 is 0 Å². The molecular formula is C52H66N6O8. The molecule has 0 aliphatic heterocycles. The van der Waals surface area contributed by atoms with Crippen LogP contribution in [0.2, 0.25) is 0 Å². The van der Waals surface area contributed by atoms with E-state index < -0.39 is 16.9 Å². The number of aromatic nitrogens is 3. The second kappa shape index (κ2) is 19.7. The molecule has 7 rings (SSSR count). The zero-order valence-electron chi connectivity index (χ0n) is 40.1. The second-order valence-corrected chi connectivity index (χ2v) is 19.1. The number of aryl methyl sites for hydroxylation is 1. The Bertz CT molecular complexity index is 2620. The van der Waals surface area contributed by atoms with Crippen LogP contribution in [0.5, 0.6) is 28.7 Å². The van der Waals surface area contributed by atoms with E-state index in [1.165, 1.54) is 40.5 Å². The molecule has 1 aromatic heterocycles. The normalized spacial score (nSPS) is 15.5. The van der Waals surface area contributed by atoms with Gasteiger partial charge in [-0.05, 0) is 116 Å².